The first-order valence-corrected chi connectivity index (χ1v) is 6.42. The van der Waals surface area contributed by atoms with Crippen molar-refractivity contribution in [1.29, 1.82) is 0 Å². The molecule has 1 saturated heterocycles. The van der Waals surface area contributed by atoms with Gasteiger partial charge in [-0.05, 0) is 37.0 Å². The first kappa shape index (κ1) is 10.5. The van der Waals surface area contributed by atoms with Gasteiger partial charge in [-0.1, -0.05) is 32.6 Å². The Labute approximate surface area is 88.2 Å². The molecule has 0 amide bonds. The summed E-state index contributed by atoms with van der Waals surface area (Å²) in [4.78, 5) is 0. The van der Waals surface area contributed by atoms with Gasteiger partial charge >= 0.3 is 0 Å². The van der Waals surface area contributed by atoms with Crippen molar-refractivity contribution in [1.82, 2.24) is 0 Å². The smallest absolute Gasteiger partial charge is 0.0468 e. The molecule has 0 spiro atoms. The summed E-state index contributed by atoms with van der Waals surface area (Å²) in [5.41, 5.74) is 0. The van der Waals surface area contributed by atoms with Gasteiger partial charge in [0.05, 0.1) is 0 Å². The molecule has 1 saturated carbocycles. The average Bonchev–Trinajstić information content (AvgIpc) is 2.23. The lowest BCUT2D eigenvalue weighted by atomic mass is 9.77. The monoisotopic (exact) mass is 196 g/mol. The maximum absolute atomic E-state index is 5.41. The van der Waals surface area contributed by atoms with Crippen LogP contribution in [0.4, 0.5) is 0 Å². The van der Waals surface area contributed by atoms with E-state index in [9.17, 15) is 0 Å². The molecular weight excluding hydrogens is 172 g/mol. The van der Waals surface area contributed by atoms with Crippen LogP contribution < -0.4 is 0 Å². The van der Waals surface area contributed by atoms with Crippen LogP contribution in [0.2, 0.25) is 0 Å². The number of hydrogen-bond acceptors (Lipinski definition) is 1. The van der Waals surface area contributed by atoms with Gasteiger partial charge in [0.2, 0.25) is 0 Å². The van der Waals surface area contributed by atoms with Crippen molar-refractivity contribution in [3.63, 3.8) is 0 Å². The lowest BCUT2D eigenvalue weighted by Gasteiger charge is -2.31. The van der Waals surface area contributed by atoms with Gasteiger partial charge in [0.15, 0.2) is 0 Å². The van der Waals surface area contributed by atoms with Crippen molar-refractivity contribution in [2.45, 2.75) is 51.9 Å². The lowest BCUT2D eigenvalue weighted by Crippen LogP contribution is -2.21. The fourth-order valence-corrected chi connectivity index (χ4v) is 3.02. The zero-order chi connectivity index (χ0) is 9.80. The third-order valence-corrected chi connectivity index (χ3v) is 4.14. The summed E-state index contributed by atoms with van der Waals surface area (Å²) in [5, 5.41) is 0. The van der Waals surface area contributed by atoms with Crippen molar-refractivity contribution in [3.05, 3.63) is 0 Å². The summed E-state index contributed by atoms with van der Waals surface area (Å²) >= 11 is 0. The molecule has 2 rings (SSSR count). The summed E-state index contributed by atoms with van der Waals surface area (Å²) in [5.74, 6) is 3.04. The second kappa shape index (κ2) is 5.16. The highest BCUT2D eigenvalue weighted by molar-refractivity contribution is 4.74. The average molecular weight is 196 g/mol. The predicted molar refractivity (Wildman–Crippen MR) is 59.3 cm³/mol. The van der Waals surface area contributed by atoms with E-state index >= 15 is 0 Å². The molecule has 0 bridgehead atoms. The van der Waals surface area contributed by atoms with E-state index in [1.54, 1.807) is 0 Å². The standard InChI is InChI=1S/C13H24O/c1-11-2-4-12(5-3-11)10-13-6-8-14-9-7-13/h11-13H,2-10H2,1H3. The third-order valence-electron chi connectivity index (χ3n) is 4.14. The normalized spacial score (nSPS) is 35.8. The molecule has 0 radical (unpaired) electrons. The minimum absolute atomic E-state index is 0.988. The van der Waals surface area contributed by atoms with Gasteiger partial charge in [-0.15, -0.1) is 0 Å². The molecule has 14 heavy (non-hydrogen) atoms. The van der Waals surface area contributed by atoms with Crippen LogP contribution in [0.15, 0.2) is 0 Å². The third kappa shape index (κ3) is 2.98. The molecule has 1 nitrogen and oxygen atoms in total. The van der Waals surface area contributed by atoms with Crippen molar-refractivity contribution in [3.8, 4) is 0 Å². The van der Waals surface area contributed by atoms with Gasteiger partial charge in [0.25, 0.3) is 0 Å². The van der Waals surface area contributed by atoms with Crippen LogP contribution in [0.25, 0.3) is 0 Å². The summed E-state index contributed by atoms with van der Waals surface area (Å²) in [6, 6.07) is 0. The highest BCUT2D eigenvalue weighted by atomic mass is 16.5. The van der Waals surface area contributed by atoms with Crippen LogP contribution in [0.5, 0.6) is 0 Å². The summed E-state index contributed by atoms with van der Waals surface area (Å²) < 4.78 is 5.41. The Bertz CT molecular complexity index is 153. The van der Waals surface area contributed by atoms with E-state index in [0.717, 1.165) is 31.0 Å². The second-order valence-electron chi connectivity index (χ2n) is 5.42. The minimum atomic E-state index is 0.988. The van der Waals surface area contributed by atoms with Crippen LogP contribution in [0, 0.1) is 17.8 Å². The molecule has 0 aromatic heterocycles. The van der Waals surface area contributed by atoms with E-state index < -0.39 is 0 Å². The van der Waals surface area contributed by atoms with E-state index in [0.29, 0.717) is 0 Å². The van der Waals surface area contributed by atoms with E-state index in [1.165, 1.54) is 44.9 Å². The van der Waals surface area contributed by atoms with Gasteiger partial charge in [-0.25, -0.2) is 0 Å². The van der Waals surface area contributed by atoms with E-state index in [-0.39, 0.29) is 0 Å². The molecule has 1 heteroatoms. The summed E-state index contributed by atoms with van der Waals surface area (Å²) in [7, 11) is 0. The van der Waals surface area contributed by atoms with Crippen LogP contribution in [0.3, 0.4) is 0 Å². The van der Waals surface area contributed by atoms with Crippen molar-refractivity contribution >= 4 is 0 Å². The first-order chi connectivity index (χ1) is 6.84. The minimum Gasteiger partial charge on any atom is -0.381 e. The molecule has 1 aliphatic heterocycles. The zero-order valence-corrected chi connectivity index (χ0v) is 9.50. The van der Waals surface area contributed by atoms with Crippen LogP contribution in [-0.2, 0) is 4.74 Å². The number of ether oxygens (including phenoxy) is 1. The predicted octanol–water partition coefficient (Wildman–Crippen LogP) is 3.63. The molecule has 0 N–H and O–H groups in total. The molecule has 0 aromatic carbocycles. The highest BCUT2D eigenvalue weighted by Gasteiger charge is 2.22. The SMILES string of the molecule is CC1CCC(CC2CCOCC2)CC1. The van der Waals surface area contributed by atoms with E-state index in [2.05, 4.69) is 6.92 Å². The van der Waals surface area contributed by atoms with Gasteiger partial charge in [0.1, 0.15) is 0 Å². The largest absolute Gasteiger partial charge is 0.381 e. The van der Waals surface area contributed by atoms with Crippen molar-refractivity contribution < 1.29 is 4.74 Å². The Balaban J connectivity index is 1.68. The quantitative estimate of drug-likeness (QED) is 0.655. The molecule has 1 aliphatic carbocycles. The Morgan fingerprint density at radius 1 is 0.857 bits per heavy atom. The fraction of sp³-hybridized carbons (Fsp3) is 1.00. The Morgan fingerprint density at radius 3 is 2.07 bits per heavy atom. The number of hydrogen-bond donors (Lipinski definition) is 0. The van der Waals surface area contributed by atoms with E-state index in [4.69, 9.17) is 4.74 Å². The van der Waals surface area contributed by atoms with Gasteiger partial charge in [0, 0.05) is 13.2 Å². The molecular formula is C13H24O. The molecule has 2 fully saturated rings. The highest BCUT2D eigenvalue weighted by Crippen LogP contribution is 2.34. The molecule has 2 aliphatic rings. The van der Waals surface area contributed by atoms with Crippen LogP contribution in [0.1, 0.15) is 51.9 Å². The Kier molecular flexibility index (Phi) is 3.86. The van der Waals surface area contributed by atoms with Crippen LogP contribution >= 0.6 is 0 Å². The maximum Gasteiger partial charge on any atom is 0.0468 e. The fourth-order valence-electron chi connectivity index (χ4n) is 3.02. The topological polar surface area (TPSA) is 9.23 Å². The van der Waals surface area contributed by atoms with Gasteiger partial charge in [-0.2, -0.15) is 0 Å². The summed E-state index contributed by atoms with van der Waals surface area (Å²) in [6.07, 6.45) is 10.1. The zero-order valence-electron chi connectivity index (χ0n) is 9.50. The van der Waals surface area contributed by atoms with Crippen LogP contribution in [-0.4, -0.2) is 13.2 Å². The summed E-state index contributed by atoms with van der Waals surface area (Å²) in [6.45, 7) is 4.45. The Hall–Kier alpha value is -0.0400. The second-order valence-corrected chi connectivity index (χ2v) is 5.42. The molecule has 82 valence electrons. The molecule has 0 aromatic rings. The Morgan fingerprint density at radius 2 is 1.43 bits per heavy atom. The van der Waals surface area contributed by atoms with E-state index in [1.807, 2.05) is 0 Å². The van der Waals surface area contributed by atoms with Crippen molar-refractivity contribution in [2.24, 2.45) is 17.8 Å². The molecule has 1 heterocycles. The van der Waals surface area contributed by atoms with Gasteiger partial charge < -0.3 is 4.74 Å². The molecule has 0 atom stereocenters. The number of rotatable bonds is 2. The molecule has 0 unspecified atom stereocenters. The lowest BCUT2D eigenvalue weighted by molar-refractivity contribution is 0.0552. The first-order valence-electron chi connectivity index (χ1n) is 6.42. The van der Waals surface area contributed by atoms with Gasteiger partial charge in [-0.3, -0.25) is 0 Å². The van der Waals surface area contributed by atoms with Crippen molar-refractivity contribution in [2.75, 3.05) is 13.2 Å². The maximum atomic E-state index is 5.41.